The molecule has 0 bridgehead atoms. The monoisotopic (exact) mass is 451 g/mol. The fraction of sp³-hybridized carbons (Fsp3) is 0.346. The van der Waals surface area contributed by atoms with Crippen LogP contribution in [0.5, 0.6) is 5.75 Å². The lowest BCUT2D eigenvalue weighted by Crippen LogP contribution is -2.49. The third-order valence-electron chi connectivity index (χ3n) is 6.32. The number of aromatic hydroxyl groups is 1. The van der Waals surface area contributed by atoms with Crippen LogP contribution in [0.2, 0.25) is 0 Å². The molecular formula is C26H30FN3O3. The fourth-order valence-electron chi connectivity index (χ4n) is 4.59. The van der Waals surface area contributed by atoms with Crippen molar-refractivity contribution in [2.45, 2.75) is 19.5 Å². The third kappa shape index (κ3) is 4.79. The van der Waals surface area contributed by atoms with E-state index in [-0.39, 0.29) is 16.9 Å². The first kappa shape index (κ1) is 23.0. The third-order valence-corrected chi connectivity index (χ3v) is 6.32. The number of aromatic nitrogens is 1. The first-order chi connectivity index (χ1) is 16.0. The highest BCUT2D eigenvalue weighted by atomic mass is 19.1. The molecule has 1 saturated heterocycles. The van der Waals surface area contributed by atoms with Crippen LogP contribution in [0, 0.1) is 12.7 Å². The van der Waals surface area contributed by atoms with E-state index in [4.69, 9.17) is 4.74 Å². The number of pyridine rings is 1. The van der Waals surface area contributed by atoms with Gasteiger partial charge in [-0.1, -0.05) is 36.4 Å². The lowest BCUT2D eigenvalue weighted by molar-refractivity contribution is 0.183. The molecule has 0 spiro atoms. The minimum atomic E-state index is -0.689. The summed E-state index contributed by atoms with van der Waals surface area (Å²) in [5.74, 6) is -0.499. The number of ether oxygens (including phenoxy) is 1. The number of halogens is 1. The summed E-state index contributed by atoms with van der Waals surface area (Å²) in [6.07, 6.45) is 0. The van der Waals surface area contributed by atoms with Gasteiger partial charge >= 0.3 is 0 Å². The van der Waals surface area contributed by atoms with Gasteiger partial charge in [0, 0.05) is 56.8 Å². The number of aryl methyl sites for hydroxylation is 1. The van der Waals surface area contributed by atoms with E-state index in [9.17, 15) is 9.90 Å². The Balaban J connectivity index is 1.74. The molecule has 1 atom stereocenters. The van der Waals surface area contributed by atoms with Gasteiger partial charge in [-0.15, -0.1) is 0 Å². The van der Waals surface area contributed by atoms with Crippen LogP contribution in [0.3, 0.4) is 0 Å². The predicted molar refractivity (Wildman–Crippen MR) is 127 cm³/mol. The van der Waals surface area contributed by atoms with Crippen molar-refractivity contribution in [2.75, 3.05) is 44.8 Å². The second-order valence-corrected chi connectivity index (χ2v) is 8.32. The SMILES string of the molecule is COCCn1c(C)cc(O)c([C@@H](c2ccccc2F)N2CCN(c3ccccc3)CC2)c1=O. The van der Waals surface area contributed by atoms with Gasteiger partial charge in [0.05, 0.1) is 18.2 Å². The van der Waals surface area contributed by atoms with E-state index in [0.29, 0.717) is 37.5 Å². The first-order valence-corrected chi connectivity index (χ1v) is 11.2. The maximum atomic E-state index is 15.0. The second-order valence-electron chi connectivity index (χ2n) is 8.32. The van der Waals surface area contributed by atoms with E-state index in [1.165, 1.54) is 6.07 Å². The smallest absolute Gasteiger partial charge is 0.259 e. The molecule has 174 valence electrons. The number of methoxy groups -OCH3 is 1. The molecule has 1 aliphatic heterocycles. The van der Waals surface area contributed by atoms with Crippen LogP contribution in [-0.2, 0) is 11.3 Å². The van der Waals surface area contributed by atoms with E-state index >= 15 is 4.39 Å². The highest BCUT2D eigenvalue weighted by molar-refractivity contribution is 5.47. The summed E-state index contributed by atoms with van der Waals surface area (Å²) in [6, 6.07) is 17.5. The lowest BCUT2D eigenvalue weighted by Gasteiger charge is -2.40. The Bertz CT molecular complexity index is 1140. The zero-order valence-corrected chi connectivity index (χ0v) is 19.1. The molecule has 1 aromatic heterocycles. The number of rotatable bonds is 7. The zero-order valence-electron chi connectivity index (χ0n) is 19.1. The minimum absolute atomic E-state index is 0.107. The van der Waals surface area contributed by atoms with E-state index in [1.807, 2.05) is 18.2 Å². The summed E-state index contributed by atoms with van der Waals surface area (Å²) >= 11 is 0. The highest BCUT2D eigenvalue weighted by Gasteiger charge is 2.33. The van der Waals surface area contributed by atoms with E-state index in [2.05, 4.69) is 21.9 Å². The number of para-hydroxylation sites is 1. The van der Waals surface area contributed by atoms with Crippen molar-refractivity contribution in [3.05, 3.63) is 93.7 Å². The number of hydrogen-bond donors (Lipinski definition) is 1. The van der Waals surface area contributed by atoms with Crippen LogP contribution in [0.4, 0.5) is 10.1 Å². The average molecular weight is 452 g/mol. The molecule has 33 heavy (non-hydrogen) atoms. The summed E-state index contributed by atoms with van der Waals surface area (Å²) in [4.78, 5) is 17.9. The maximum Gasteiger partial charge on any atom is 0.259 e. The largest absolute Gasteiger partial charge is 0.507 e. The molecule has 0 saturated carbocycles. The minimum Gasteiger partial charge on any atom is -0.507 e. The van der Waals surface area contributed by atoms with Gasteiger partial charge in [0.25, 0.3) is 5.56 Å². The van der Waals surface area contributed by atoms with Crippen molar-refractivity contribution in [1.29, 1.82) is 0 Å². The number of piperazine rings is 1. The normalized spacial score (nSPS) is 15.5. The van der Waals surface area contributed by atoms with Gasteiger partial charge in [0.1, 0.15) is 11.6 Å². The van der Waals surface area contributed by atoms with Gasteiger partial charge in [-0.05, 0) is 31.2 Å². The summed E-state index contributed by atoms with van der Waals surface area (Å²) in [5, 5.41) is 10.9. The van der Waals surface area contributed by atoms with E-state index in [1.54, 1.807) is 42.9 Å². The fourth-order valence-corrected chi connectivity index (χ4v) is 4.59. The Morgan fingerprint density at radius 2 is 1.70 bits per heavy atom. The molecule has 2 heterocycles. The van der Waals surface area contributed by atoms with Gasteiger partial charge in [-0.25, -0.2) is 4.39 Å². The van der Waals surface area contributed by atoms with E-state index in [0.717, 1.165) is 18.8 Å². The van der Waals surface area contributed by atoms with Crippen LogP contribution in [0.1, 0.15) is 22.9 Å². The Kier molecular flexibility index (Phi) is 7.11. The Morgan fingerprint density at radius 3 is 2.36 bits per heavy atom. The first-order valence-electron chi connectivity index (χ1n) is 11.2. The van der Waals surface area contributed by atoms with Gasteiger partial charge in [0.2, 0.25) is 0 Å². The molecule has 0 radical (unpaired) electrons. The second kappa shape index (κ2) is 10.2. The molecule has 3 aromatic rings. The standard InChI is InChI=1S/C26H30FN3O3/c1-19-18-23(31)24(26(32)30(19)16-17-33-2)25(21-10-6-7-11-22(21)27)29-14-12-28(13-15-29)20-8-4-3-5-9-20/h3-11,18,25,31H,12-17H2,1-2H3/t25-/m1/s1. The van der Waals surface area contributed by atoms with E-state index < -0.39 is 11.9 Å². The van der Waals surface area contributed by atoms with Crippen molar-refractivity contribution in [3.8, 4) is 5.75 Å². The van der Waals surface area contributed by atoms with Gasteiger partial charge in [0.15, 0.2) is 0 Å². The molecule has 7 heteroatoms. The number of benzene rings is 2. The summed E-state index contributed by atoms with van der Waals surface area (Å²) in [5.41, 5.74) is 2.05. The molecule has 1 aliphatic rings. The van der Waals surface area contributed by atoms with Crippen LogP contribution >= 0.6 is 0 Å². The van der Waals surface area contributed by atoms with Gasteiger partial charge in [-0.3, -0.25) is 9.69 Å². The van der Waals surface area contributed by atoms with Crippen LogP contribution in [0.25, 0.3) is 0 Å². The maximum absolute atomic E-state index is 15.0. The van der Waals surface area contributed by atoms with Crippen molar-refractivity contribution in [3.63, 3.8) is 0 Å². The van der Waals surface area contributed by atoms with Gasteiger partial charge in [-0.2, -0.15) is 0 Å². The Labute approximate surface area is 193 Å². The molecule has 4 rings (SSSR count). The molecule has 0 unspecified atom stereocenters. The van der Waals surface area contributed by atoms with Crippen molar-refractivity contribution < 1.29 is 14.2 Å². The zero-order chi connectivity index (χ0) is 23.4. The van der Waals surface area contributed by atoms with Crippen molar-refractivity contribution in [2.24, 2.45) is 0 Å². The van der Waals surface area contributed by atoms with Crippen LogP contribution in [0.15, 0.2) is 65.5 Å². The number of anilines is 1. The molecule has 0 aliphatic carbocycles. The molecular weight excluding hydrogens is 421 g/mol. The topological polar surface area (TPSA) is 57.9 Å². The number of hydrogen-bond acceptors (Lipinski definition) is 5. The molecule has 2 aromatic carbocycles. The molecule has 1 N–H and O–H groups in total. The predicted octanol–water partition coefficient (Wildman–Crippen LogP) is 3.56. The quantitative estimate of drug-likeness (QED) is 0.595. The highest BCUT2D eigenvalue weighted by Crippen LogP contribution is 2.35. The Hall–Kier alpha value is -3.16. The summed E-state index contributed by atoms with van der Waals surface area (Å²) < 4.78 is 21.8. The van der Waals surface area contributed by atoms with Crippen LogP contribution < -0.4 is 10.5 Å². The van der Waals surface area contributed by atoms with Gasteiger partial charge < -0.3 is 19.3 Å². The summed E-state index contributed by atoms with van der Waals surface area (Å²) in [7, 11) is 1.58. The average Bonchev–Trinajstić information content (AvgIpc) is 2.83. The van der Waals surface area contributed by atoms with Crippen LogP contribution in [-0.4, -0.2) is 54.5 Å². The lowest BCUT2D eigenvalue weighted by atomic mass is 9.95. The Morgan fingerprint density at radius 1 is 1.03 bits per heavy atom. The van der Waals surface area contributed by atoms with Crippen molar-refractivity contribution >= 4 is 5.69 Å². The number of nitrogens with zero attached hydrogens (tertiary/aromatic N) is 3. The molecule has 6 nitrogen and oxygen atoms in total. The van der Waals surface area contributed by atoms with Crippen molar-refractivity contribution in [1.82, 2.24) is 9.47 Å². The summed E-state index contributed by atoms with van der Waals surface area (Å²) in [6.45, 7) is 5.22. The molecule has 0 amide bonds. The molecule has 1 fully saturated rings.